The maximum absolute atomic E-state index is 12.7. The van der Waals surface area contributed by atoms with Crippen LogP contribution in [-0.4, -0.2) is 65.5 Å². The van der Waals surface area contributed by atoms with Crippen LogP contribution < -0.4 is 10.1 Å². The van der Waals surface area contributed by atoms with Crippen LogP contribution >= 0.6 is 11.6 Å². The highest BCUT2D eigenvalue weighted by Crippen LogP contribution is 2.30. The van der Waals surface area contributed by atoms with E-state index >= 15 is 0 Å². The van der Waals surface area contributed by atoms with Crippen molar-refractivity contribution in [2.45, 2.75) is 6.92 Å². The van der Waals surface area contributed by atoms with Crippen LogP contribution in [0, 0.1) is 0 Å². The fraction of sp³-hybridized carbons (Fsp3) is 0.389. The lowest BCUT2D eigenvalue weighted by Gasteiger charge is -2.33. The third-order valence-corrected chi connectivity index (χ3v) is 4.65. The second-order valence-corrected chi connectivity index (χ2v) is 6.42. The Morgan fingerprint density at radius 3 is 2.69 bits per heavy atom. The van der Waals surface area contributed by atoms with E-state index in [-0.39, 0.29) is 5.91 Å². The number of aromatic nitrogens is 2. The maximum atomic E-state index is 12.7. The van der Waals surface area contributed by atoms with Gasteiger partial charge in [0.15, 0.2) is 0 Å². The summed E-state index contributed by atoms with van der Waals surface area (Å²) in [5.41, 5.74) is 1.04. The van der Waals surface area contributed by atoms with E-state index < -0.39 is 0 Å². The van der Waals surface area contributed by atoms with Gasteiger partial charge in [-0.05, 0) is 24.7 Å². The van der Waals surface area contributed by atoms with Gasteiger partial charge in [0.25, 0.3) is 5.91 Å². The van der Waals surface area contributed by atoms with E-state index in [9.17, 15) is 4.79 Å². The van der Waals surface area contributed by atoms with Crippen molar-refractivity contribution in [1.29, 1.82) is 0 Å². The average molecular weight is 376 g/mol. The quantitative estimate of drug-likeness (QED) is 0.866. The van der Waals surface area contributed by atoms with Crippen molar-refractivity contribution >= 4 is 29.0 Å². The van der Waals surface area contributed by atoms with Crippen molar-refractivity contribution in [3.05, 3.63) is 41.3 Å². The third-order valence-electron chi connectivity index (χ3n) is 4.42. The SMILES string of the molecule is CCN1CCN(C(=O)c2cc(Nc3cc(Cl)ccc3OC)ncn2)CC1. The Morgan fingerprint density at radius 1 is 1.23 bits per heavy atom. The average Bonchev–Trinajstić information content (AvgIpc) is 2.68. The van der Waals surface area contributed by atoms with Gasteiger partial charge in [-0.15, -0.1) is 0 Å². The highest BCUT2D eigenvalue weighted by atomic mass is 35.5. The van der Waals surface area contributed by atoms with Gasteiger partial charge in [-0.25, -0.2) is 9.97 Å². The minimum Gasteiger partial charge on any atom is -0.495 e. The third kappa shape index (κ3) is 4.23. The summed E-state index contributed by atoms with van der Waals surface area (Å²) >= 11 is 6.05. The number of rotatable bonds is 5. The number of hydrogen-bond acceptors (Lipinski definition) is 6. The van der Waals surface area contributed by atoms with E-state index in [1.165, 1.54) is 6.33 Å². The number of piperazine rings is 1. The summed E-state index contributed by atoms with van der Waals surface area (Å²) in [6.45, 7) is 6.33. The number of nitrogens with one attached hydrogen (secondary N) is 1. The number of benzene rings is 1. The number of amides is 1. The second-order valence-electron chi connectivity index (χ2n) is 5.98. The fourth-order valence-corrected chi connectivity index (χ4v) is 3.06. The molecule has 0 atom stereocenters. The summed E-state index contributed by atoms with van der Waals surface area (Å²) in [6.07, 6.45) is 1.38. The molecule has 0 radical (unpaired) electrons. The van der Waals surface area contributed by atoms with Gasteiger partial charge < -0.3 is 19.9 Å². The number of ether oxygens (including phenoxy) is 1. The molecule has 0 unspecified atom stereocenters. The molecule has 0 aliphatic carbocycles. The molecule has 8 heteroatoms. The molecule has 26 heavy (non-hydrogen) atoms. The van der Waals surface area contributed by atoms with Crippen LogP contribution in [-0.2, 0) is 0 Å². The molecule has 0 saturated carbocycles. The molecule has 2 aromatic rings. The van der Waals surface area contributed by atoms with Crippen LogP contribution in [0.2, 0.25) is 5.02 Å². The summed E-state index contributed by atoms with van der Waals surface area (Å²) in [6, 6.07) is 6.91. The van der Waals surface area contributed by atoms with Crippen molar-refractivity contribution in [3.63, 3.8) is 0 Å². The van der Waals surface area contributed by atoms with Crippen molar-refractivity contribution < 1.29 is 9.53 Å². The Kier molecular flexibility index (Phi) is 5.90. The summed E-state index contributed by atoms with van der Waals surface area (Å²) < 4.78 is 5.32. The maximum Gasteiger partial charge on any atom is 0.272 e. The lowest BCUT2D eigenvalue weighted by Crippen LogP contribution is -2.48. The zero-order valence-corrected chi connectivity index (χ0v) is 15.7. The van der Waals surface area contributed by atoms with E-state index in [1.54, 1.807) is 31.4 Å². The van der Waals surface area contributed by atoms with Gasteiger partial charge in [-0.1, -0.05) is 18.5 Å². The lowest BCUT2D eigenvalue weighted by molar-refractivity contribution is 0.0637. The number of hydrogen-bond donors (Lipinski definition) is 1. The van der Waals surface area contributed by atoms with Gasteiger partial charge in [0, 0.05) is 37.3 Å². The number of halogens is 1. The molecule has 0 spiro atoms. The Hall–Kier alpha value is -2.38. The van der Waals surface area contributed by atoms with Crippen molar-refractivity contribution in [1.82, 2.24) is 19.8 Å². The first kappa shape index (κ1) is 18.4. The molecule has 1 aromatic heterocycles. The minimum absolute atomic E-state index is 0.0794. The summed E-state index contributed by atoms with van der Waals surface area (Å²) in [4.78, 5) is 25.2. The van der Waals surface area contributed by atoms with E-state index in [0.717, 1.165) is 19.6 Å². The van der Waals surface area contributed by atoms with Gasteiger partial charge in [0.2, 0.25) is 0 Å². The van der Waals surface area contributed by atoms with Crippen LogP contribution in [0.4, 0.5) is 11.5 Å². The van der Waals surface area contributed by atoms with Gasteiger partial charge in [-0.2, -0.15) is 0 Å². The van der Waals surface area contributed by atoms with Crippen LogP contribution in [0.15, 0.2) is 30.6 Å². The van der Waals surface area contributed by atoms with Gasteiger partial charge in [-0.3, -0.25) is 4.79 Å². The molecule has 1 saturated heterocycles. The van der Waals surface area contributed by atoms with Crippen molar-refractivity contribution in [2.24, 2.45) is 0 Å². The number of nitrogens with zero attached hydrogens (tertiary/aromatic N) is 4. The normalized spacial score (nSPS) is 15.0. The standard InChI is InChI=1S/C18H22ClN5O2/c1-3-23-6-8-24(9-7-23)18(25)15-11-17(21-12-20-15)22-14-10-13(19)4-5-16(14)26-2/h4-5,10-12H,3,6-9H2,1-2H3,(H,20,21,22). The fourth-order valence-electron chi connectivity index (χ4n) is 2.89. The first-order valence-corrected chi connectivity index (χ1v) is 8.92. The molecule has 1 amide bonds. The summed E-state index contributed by atoms with van der Waals surface area (Å²) in [5.74, 6) is 1.07. The zero-order valence-electron chi connectivity index (χ0n) is 14.9. The largest absolute Gasteiger partial charge is 0.495 e. The summed E-state index contributed by atoms with van der Waals surface area (Å²) in [7, 11) is 1.58. The molecule has 7 nitrogen and oxygen atoms in total. The van der Waals surface area contributed by atoms with E-state index in [0.29, 0.717) is 41.1 Å². The number of carbonyl (C=O) groups excluding carboxylic acids is 1. The Labute approximate surface area is 157 Å². The predicted octanol–water partition coefficient (Wildman–Crippen LogP) is 2.66. The molecule has 1 aliphatic heterocycles. The van der Waals surface area contributed by atoms with Crippen molar-refractivity contribution in [3.8, 4) is 5.75 Å². The lowest BCUT2D eigenvalue weighted by atomic mass is 10.2. The highest BCUT2D eigenvalue weighted by molar-refractivity contribution is 6.31. The van der Waals surface area contributed by atoms with E-state index in [1.807, 2.05) is 4.90 Å². The smallest absolute Gasteiger partial charge is 0.272 e. The molecule has 138 valence electrons. The summed E-state index contributed by atoms with van der Waals surface area (Å²) in [5, 5.41) is 3.72. The Morgan fingerprint density at radius 2 is 2.00 bits per heavy atom. The molecule has 0 bridgehead atoms. The van der Waals surface area contributed by atoms with E-state index in [4.69, 9.17) is 16.3 Å². The molecule has 1 N–H and O–H groups in total. The molecular formula is C18H22ClN5O2. The van der Waals surface area contributed by atoms with Gasteiger partial charge in [0.1, 0.15) is 23.6 Å². The van der Waals surface area contributed by atoms with Crippen LogP contribution in [0.3, 0.4) is 0 Å². The monoisotopic (exact) mass is 375 g/mol. The van der Waals surface area contributed by atoms with Crippen LogP contribution in [0.1, 0.15) is 17.4 Å². The van der Waals surface area contributed by atoms with E-state index in [2.05, 4.69) is 27.1 Å². The molecule has 1 aliphatic rings. The van der Waals surface area contributed by atoms with Gasteiger partial charge in [0.05, 0.1) is 12.8 Å². The van der Waals surface area contributed by atoms with Crippen LogP contribution in [0.5, 0.6) is 5.75 Å². The first-order valence-electron chi connectivity index (χ1n) is 8.55. The number of anilines is 2. The topological polar surface area (TPSA) is 70.6 Å². The highest BCUT2D eigenvalue weighted by Gasteiger charge is 2.22. The number of methoxy groups -OCH3 is 1. The van der Waals surface area contributed by atoms with Crippen LogP contribution in [0.25, 0.3) is 0 Å². The molecule has 1 fully saturated rings. The second kappa shape index (κ2) is 8.33. The molecule has 2 heterocycles. The number of likely N-dealkylation sites (N-methyl/N-ethyl adjacent to an activating group) is 1. The molecular weight excluding hydrogens is 354 g/mol. The Bertz CT molecular complexity index is 778. The predicted molar refractivity (Wildman–Crippen MR) is 101 cm³/mol. The molecule has 1 aromatic carbocycles. The number of carbonyl (C=O) groups is 1. The first-order chi connectivity index (χ1) is 12.6. The molecule has 3 rings (SSSR count). The van der Waals surface area contributed by atoms with Gasteiger partial charge >= 0.3 is 0 Å². The zero-order chi connectivity index (χ0) is 18.5. The van der Waals surface area contributed by atoms with Crippen molar-refractivity contribution in [2.75, 3.05) is 45.2 Å². The minimum atomic E-state index is -0.0794. The Balaban J connectivity index is 1.74.